The average molecular weight is 264 g/mol. The molecule has 3 heteroatoms. The summed E-state index contributed by atoms with van der Waals surface area (Å²) in [4.78, 5) is 12.3. The topological polar surface area (TPSA) is 17.1 Å². The molecule has 0 N–H and O–H groups in total. The molecule has 2 aliphatic heterocycles. The quantitative estimate of drug-likeness (QED) is 0.829. The third-order valence-electron chi connectivity index (χ3n) is 4.01. The van der Waals surface area contributed by atoms with Gasteiger partial charge in [0, 0.05) is 22.8 Å². The molecule has 0 aromatic heterocycles. The van der Waals surface area contributed by atoms with E-state index in [9.17, 15) is 9.18 Å². The van der Waals surface area contributed by atoms with Crippen LogP contribution in [0.1, 0.15) is 31.2 Å². The van der Waals surface area contributed by atoms with Gasteiger partial charge in [-0.25, -0.2) is 4.39 Å². The van der Waals surface area contributed by atoms with Crippen LogP contribution in [0.25, 0.3) is 0 Å². The summed E-state index contributed by atoms with van der Waals surface area (Å²) < 4.78 is 13.1. The number of carbonyl (C=O) groups excluding carboxylic acids is 1. The molecule has 2 heterocycles. The lowest BCUT2D eigenvalue weighted by atomic mass is 9.91. The molecule has 3 rings (SSSR count). The summed E-state index contributed by atoms with van der Waals surface area (Å²) >= 11 is 2.07. The summed E-state index contributed by atoms with van der Waals surface area (Å²) in [6, 6.07) is 6.42. The molecular formula is C15H17FOS. The molecule has 2 saturated heterocycles. The smallest absolute Gasteiger partial charge is 0.140 e. The molecule has 0 saturated carbocycles. The van der Waals surface area contributed by atoms with Gasteiger partial charge in [0.05, 0.1) is 0 Å². The molecule has 1 nitrogen and oxygen atoms in total. The number of hydrogen-bond acceptors (Lipinski definition) is 2. The van der Waals surface area contributed by atoms with Crippen LogP contribution in [0.3, 0.4) is 0 Å². The fourth-order valence-corrected chi connectivity index (χ4v) is 4.89. The number of thioether (sulfide) groups is 1. The van der Waals surface area contributed by atoms with E-state index in [2.05, 4.69) is 11.8 Å². The van der Waals surface area contributed by atoms with Gasteiger partial charge in [0.2, 0.25) is 0 Å². The lowest BCUT2D eigenvalue weighted by Gasteiger charge is -2.26. The Balaban J connectivity index is 1.65. The second-order valence-electron chi connectivity index (χ2n) is 5.40. The number of hydrogen-bond donors (Lipinski definition) is 0. The van der Waals surface area contributed by atoms with Crippen LogP contribution in [0, 0.1) is 11.7 Å². The van der Waals surface area contributed by atoms with E-state index in [0.717, 1.165) is 18.4 Å². The summed E-state index contributed by atoms with van der Waals surface area (Å²) in [6.07, 6.45) is 5.02. The summed E-state index contributed by atoms with van der Waals surface area (Å²) in [5.74, 6) is 0.268. The minimum absolute atomic E-state index is 0.215. The van der Waals surface area contributed by atoms with E-state index < -0.39 is 0 Å². The molecule has 18 heavy (non-hydrogen) atoms. The predicted octanol–water partition coefficient (Wildman–Crippen LogP) is 3.61. The summed E-state index contributed by atoms with van der Waals surface area (Å²) in [5, 5.41) is 1.40. The Hall–Kier alpha value is -0.830. The van der Waals surface area contributed by atoms with Crippen LogP contribution in [0.5, 0.6) is 0 Å². The largest absolute Gasteiger partial charge is 0.299 e. The van der Waals surface area contributed by atoms with Gasteiger partial charge in [-0.2, -0.15) is 11.8 Å². The zero-order valence-electron chi connectivity index (χ0n) is 10.3. The van der Waals surface area contributed by atoms with Crippen molar-refractivity contribution in [3.8, 4) is 0 Å². The molecule has 2 fully saturated rings. The van der Waals surface area contributed by atoms with E-state index in [1.807, 2.05) is 6.07 Å². The third-order valence-corrected chi connectivity index (χ3v) is 5.64. The first-order valence-electron chi connectivity index (χ1n) is 6.63. The van der Waals surface area contributed by atoms with Gasteiger partial charge in [-0.05, 0) is 43.4 Å². The maximum Gasteiger partial charge on any atom is 0.140 e. The van der Waals surface area contributed by atoms with Crippen molar-refractivity contribution in [2.24, 2.45) is 5.92 Å². The molecule has 0 radical (unpaired) electrons. The Morgan fingerprint density at radius 2 is 2.00 bits per heavy atom. The third kappa shape index (κ3) is 2.61. The van der Waals surface area contributed by atoms with E-state index in [1.165, 1.54) is 25.0 Å². The van der Waals surface area contributed by atoms with Crippen LogP contribution in [0.4, 0.5) is 4.39 Å². The highest BCUT2D eigenvalue weighted by molar-refractivity contribution is 8.00. The zero-order chi connectivity index (χ0) is 12.5. The minimum atomic E-state index is -0.250. The van der Waals surface area contributed by atoms with Crippen LogP contribution >= 0.6 is 11.8 Å². The Labute approximate surface area is 111 Å². The number of Topliss-reactive ketones (excluding diaryl/α,β-unsaturated/α-hetero) is 1. The summed E-state index contributed by atoms with van der Waals surface area (Å²) in [6.45, 7) is 0. The standard InChI is InChI=1S/C15H17FOS/c16-12-3-1-2-10(6-12)7-15(17)11-8-13-4-5-14(9-11)18-13/h1-3,6,11,13-14H,4-5,7-9H2. The summed E-state index contributed by atoms with van der Waals surface area (Å²) in [7, 11) is 0. The molecule has 1 aromatic carbocycles. The number of halogens is 1. The maximum absolute atomic E-state index is 13.1. The molecule has 2 unspecified atom stereocenters. The molecule has 0 aliphatic carbocycles. The molecule has 2 aliphatic rings. The van der Waals surface area contributed by atoms with Crippen LogP contribution in [-0.2, 0) is 11.2 Å². The molecule has 2 atom stereocenters. The molecule has 1 aromatic rings. The Morgan fingerprint density at radius 3 is 2.67 bits per heavy atom. The summed E-state index contributed by atoms with van der Waals surface area (Å²) in [5.41, 5.74) is 0.811. The van der Waals surface area contributed by atoms with Gasteiger partial charge < -0.3 is 0 Å². The normalized spacial score (nSPS) is 30.4. The minimum Gasteiger partial charge on any atom is -0.299 e. The van der Waals surface area contributed by atoms with Crippen molar-refractivity contribution in [3.05, 3.63) is 35.6 Å². The number of rotatable bonds is 3. The average Bonchev–Trinajstić information content (AvgIpc) is 2.68. The van der Waals surface area contributed by atoms with E-state index in [-0.39, 0.29) is 11.7 Å². The predicted molar refractivity (Wildman–Crippen MR) is 72.2 cm³/mol. The number of carbonyl (C=O) groups is 1. The lowest BCUT2D eigenvalue weighted by molar-refractivity contribution is -0.122. The highest BCUT2D eigenvalue weighted by Gasteiger charge is 2.37. The van der Waals surface area contributed by atoms with Gasteiger partial charge >= 0.3 is 0 Å². The van der Waals surface area contributed by atoms with Crippen molar-refractivity contribution in [1.82, 2.24) is 0 Å². The van der Waals surface area contributed by atoms with Crippen LogP contribution in [0.2, 0.25) is 0 Å². The van der Waals surface area contributed by atoms with Gasteiger partial charge in [0.1, 0.15) is 11.6 Å². The van der Waals surface area contributed by atoms with E-state index in [0.29, 0.717) is 22.7 Å². The SMILES string of the molecule is O=C(Cc1cccc(F)c1)C1CC2CCC(C1)S2. The monoisotopic (exact) mass is 264 g/mol. The lowest BCUT2D eigenvalue weighted by Crippen LogP contribution is -2.25. The van der Waals surface area contributed by atoms with Crippen molar-refractivity contribution in [2.45, 2.75) is 42.6 Å². The van der Waals surface area contributed by atoms with Crippen molar-refractivity contribution in [1.29, 1.82) is 0 Å². The van der Waals surface area contributed by atoms with Gasteiger partial charge in [-0.1, -0.05) is 12.1 Å². The molecule has 2 bridgehead atoms. The molecule has 0 amide bonds. The Morgan fingerprint density at radius 1 is 1.28 bits per heavy atom. The van der Waals surface area contributed by atoms with Crippen molar-refractivity contribution in [2.75, 3.05) is 0 Å². The van der Waals surface area contributed by atoms with Crippen molar-refractivity contribution >= 4 is 17.5 Å². The van der Waals surface area contributed by atoms with Crippen molar-refractivity contribution < 1.29 is 9.18 Å². The fourth-order valence-electron chi connectivity index (χ4n) is 3.11. The first-order valence-corrected chi connectivity index (χ1v) is 7.57. The van der Waals surface area contributed by atoms with Crippen LogP contribution in [-0.4, -0.2) is 16.3 Å². The van der Waals surface area contributed by atoms with E-state index in [1.54, 1.807) is 6.07 Å². The second kappa shape index (κ2) is 5.04. The second-order valence-corrected chi connectivity index (χ2v) is 7.00. The van der Waals surface area contributed by atoms with Crippen LogP contribution in [0.15, 0.2) is 24.3 Å². The first-order chi connectivity index (χ1) is 8.70. The molecular weight excluding hydrogens is 247 g/mol. The van der Waals surface area contributed by atoms with Gasteiger partial charge in [-0.15, -0.1) is 0 Å². The van der Waals surface area contributed by atoms with Gasteiger partial charge in [0.15, 0.2) is 0 Å². The van der Waals surface area contributed by atoms with Gasteiger partial charge in [0.25, 0.3) is 0 Å². The zero-order valence-corrected chi connectivity index (χ0v) is 11.1. The van der Waals surface area contributed by atoms with Crippen LogP contribution < -0.4 is 0 Å². The van der Waals surface area contributed by atoms with E-state index >= 15 is 0 Å². The van der Waals surface area contributed by atoms with E-state index in [4.69, 9.17) is 0 Å². The maximum atomic E-state index is 13.1. The Kier molecular flexibility index (Phi) is 3.42. The van der Waals surface area contributed by atoms with Gasteiger partial charge in [-0.3, -0.25) is 4.79 Å². The highest BCUT2D eigenvalue weighted by atomic mass is 32.2. The highest BCUT2D eigenvalue weighted by Crippen LogP contribution is 2.46. The number of benzene rings is 1. The Bertz CT molecular complexity index is 448. The molecule has 96 valence electrons. The van der Waals surface area contributed by atoms with Crippen molar-refractivity contribution in [3.63, 3.8) is 0 Å². The number of fused-ring (bicyclic) bond motifs is 2. The number of ketones is 1. The fraction of sp³-hybridized carbons (Fsp3) is 0.533. The first kappa shape index (κ1) is 12.2. The molecule has 0 spiro atoms.